The molecule has 0 atom stereocenters. The summed E-state index contributed by atoms with van der Waals surface area (Å²) >= 11 is 2.25. The molecule has 16 rings (SSSR count). The zero-order valence-electron chi connectivity index (χ0n) is 60.2. The predicted octanol–water partition coefficient (Wildman–Crippen LogP) is 14.9. The number of nitrogen functional groups attached to an aromatic ring is 4. The second kappa shape index (κ2) is 32.7. The normalized spacial score (nSPS) is 12.3. The average Bonchev–Trinajstić information content (AvgIpc) is 0.742. The SMILES string of the molecule is Cc1nc2c(nc1NC(=O)Cc1c(F)c(F)c(F)c(F)c1F)CCc1cc(N)ccc1-2.Cc1nc2c(nc1NC(=O)Cc1ccc(F)c(F)c1)CCc1cc(N)ccc1-2.Cc1nc2c(nc1NC(=O)Cc1ccc(I)cc1)CCc1cc(N)ccc1-2.Cc1nc2c(nc1NC(=O)c1ccccc1)CCc1cc(N)ccc1-2. The van der Waals surface area contributed by atoms with Crippen molar-refractivity contribution in [2.75, 3.05) is 44.2 Å². The van der Waals surface area contributed by atoms with E-state index in [4.69, 9.17) is 37.9 Å². The number of nitrogens with zero attached hydrogens (tertiary/aromatic N) is 8. The molecule has 20 nitrogen and oxygen atoms in total. The van der Waals surface area contributed by atoms with E-state index in [1.165, 1.54) is 17.2 Å². The lowest BCUT2D eigenvalue weighted by atomic mass is 9.91. The van der Waals surface area contributed by atoms with Gasteiger partial charge in [0, 0.05) is 59.7 Å². The van der Waals surface area contributed by atoms with Crippen LogP contribution in [-0.4, -0.2) is 63.5 Å². The number of nitrogens with two attached hydrogens (primary N) is 4. The van der Waals surface area contributed by atoms with E-state index in [0.29, 0.717) is 94.1 Å². The molecule has 4 heterocycles. The quantitative estimate of drug-likeness (QED) is 0.0196. The van der Waals surface area contributed by atoms with Gasteiger partial charge in [0.1, 0.15) is 0 Å². The number of aromatic nitrogens is 8. The van der Waals surface area contributed by atoms with Crippen LogP contribution in [0.25, 0.3) is 45.0 Å². The highest BCUT2D eigenvalue weighted by atomic mass is 127. The molecule has 0 radical (unpaired) electrons. The van der Waals surface area contributed by atoms with Crippen molar-refractivity contribution in [3.63, 3.8) is 0 Å². The maximum atomic E-state index is 13.8. The zero-order chi connectivity index (χ0) is 78.6. The van der Waals surface area contributed by atoms with E-state index in [-0.39, 0.29) is 30.0 Å². The molecule has 4 aliphatic rings. The Morgan fingerprint density at radius 3 is 1.04 bits per heavy atom. The highest BCUT2D eigenvalue weighted by Crippen LogP contribution is 2.39. The van der Waals surface area contributed by atoms with E-state index in [1.54, 1.807) is 32.0 Å². The first kappa shape index (κ1) is 76.6. The number of rotatable bonds is 11. The zero-order valence-corrected chi connectivity index (χ0v) is 62.3. The van der Waals surface area contributed by atoms with Crippen LogP contribution >= 0.6 is 22.6 Å². The van der Waals surface area contributed by atoms with Crippen molar-refractivity contribution in [1.82, 2.24) is 39.9 Å². The summed E-state index contributed by atoms with van der Waals surface area (Å²) in [7, 11) is 0. The molecule has 0 fully saturated rings. The Kier molecular flexibility index (Phi) is 22.6. The third kappa shape index (κ3) is 17.3. The van der Waals surface area contributed by atoms with Crippen molar-refractivity contribution >= 4 is 92.2 Å². The van der Waals surface area contributed by atoms with E-state index >= 15 is 0 Å². The van der Waals surface area contributed by atoms with Crippen molar-refractivity contribution in [2.24, 2.45) is 0 Å². The molecule has 12 N–H and O–H groups in total. The molecule has 0 bridgehead atoms. The molecule has 4 amide bonds. The maximum Gasteiger partial charge on any atom is 0.256 e. The molecule has 28 heteroatoms. The number of anilines is 8. The van der Waals surface area contributed by atoms with Crippen molar-refractivity contribution in [3.8, 4) is 45.0 Å². The molecule has 0 saturated heterocycles. The lowest BCUT2D eigenvalue weighted by molar-refractivity contribution is -0.116. The Bertz CT molecular complexity index is 5710. The van der Waals surface area contributed by atoms with Gasteiger partial charge in [-0.25, -0.2) is 70.6 Å². The first-order chi connectivity index (χ1) is 53.2. The summed E-state index contributed by atoms with van der Waals surface area (Å²) in [6.07, 6.45) is 5.17. The Morgan fingerprint density at radius 1 is 0.351 bits per heavy atom. The second-order valence-electron chi connectivity index (χ2n) is 26.9. The third-order valence-corrected chi connectivity index (χ3v) is 19.7. The smallest absolute Gasteiger partial charge is 0.256 e. The summed E-state index contributed by atoms with van der Waals surface area (Å²) in [6.45, 7) is 7.08. The molecule has 4 aliphatic carbocycles. The number of benzene rings is 8. The summed E-state index contributed by atoms with van der Waals surface area (Å²) < 4.78 is 95.0. The maximum absolute atomic E-state index is 13.8. The summed E-state index contributed by atoms with van der Waals surface area (Å²) in [6, 6.07) is 43.4. The Balaban J connectivity index is 0.000000130. The number of halogens is 8. The van der Waals surface area contributed by atoms with Gasteiger partial charge in [0.05, 0.1) is 87.6 Å². The van der Waals surface area contributed by atoms with Crippen LogP contribution in [0.15, 0.2) is 146 Å². The average molecular weight is 1620 g/mol. The minimum atomic E-state index is -2.28. The topological polar surface area (TPSA) is 324 Å². The fourth-order valence-electron chi connectivity index (χ4n) is 13.4. The number of nitrogens with one attached hydrogen (secondary N) is 4. The van der Waals surface area contributed by atoms with Crippen LogP contribution in [0.4, 0.5) is 76.8 Å². The van der Waals surface area contributed by atoms with Gasteiger partial charge in [-0.2, -0.15) is 0 Å². The molecule has 12 aromatic rings. The molecule has 8 aromatic carbocycles. The molecule has 0 saturated carbocycles. The Morgan fingerprint density at radius 2 is 0.676 bits per heavy atom. The van der Waals surface area contributed by atoms with Gasteiger partial charge < -0.3 is 44.2 Å². The summed E-state index contributed by atoms with van der Waals surface area (Å²) in [4.78, 5) is 86.3. The number of carbonyl (C=O) groups is 4. The van der Waals surface area contributed by atoms with Gasteiger partial charge in [-0.3, -0.25) is 19.2 Å². The van der Waals surface area contributed by atoms with Gasteiger partial charge in [0.2, 0.25) is 23.5 Å². The van der Waals surface area contributed by atoms with E-state index in [0.717, 1.165) is 138 Å². The van der Waals surface area contributed by atoms with Crippen molar-refractivity contribution in [1.29, 1.82) is 0 Å². The van der Waals surface area contributed by atoms with E-state index < -0.39 is 58.6 Å². The molecular weight excluding hydrogens is 1540 g/mol. The van der Waals surface area contributed by atoms with Crippen molar-refractivity contribution in [3.05, 3.63) is 280 Å². The van der Waals surface area contributed by atoms with Gasteiger partial charge in [0.15, 0.2) is 58.2 Å². The summed E-state index contributed by atoms with van der Waals surface area (Å²) in [5.74, 6) is -12.6. The highest BCUT2D eigenvalue weighted by molar-refractivity contribution is 14.1. The Labute approximate surface area is 645 Å². The number of aryl methyl sites for hydroxylation is 12. The van der Waals surface area contributed by atoms with Gasteiger partial charge in [-0.05, 0) is 220 Å². The van der Waals surface area contributed by atoms with Crippen LogP contribution < -0.4 is 44.2 Å². The third-order valence-electron chi connectivity index (χ3n) is 18.9. The Hall–Kier alpha value is -12.6. The first-order valence-electron chi connectivity index (χ1n) is 35.2. The van der Waals surface area contributed by atoms with Crippen LogP contribution in [0.3, 0.4) is 0 Å². The highest BCUT2D eigenvalue weighted by Gasteiger charge is 2.30. The van der Waals surface area contributed by atoms with Crippen LogP contribution in [-0.2, 0) is 85.0 Å². The van der Waals surface area contributed by atoms with Gasteiger partial charge in [0.25, 0.3) is 5.91 Å². The van der Waals surface area contributed by atoms with Gasteiger partial charge in [-0.15, -0.1) is 0 Å². The van der Waals surface area contributed by atoms with E-state index in [1.807, 2.05) is 123 Å². The first-order valence-corrected chi connectivity index (χ1v) is 36.3. The van der Waals surface area contributed by atoms with E-state index in [9.17, 15) is 49.9 Å². The standard InChI is InChI=1S/C21H15F5N4O.C21H18F2N4O.C21H19IN4O.C20H18N4O/c1-8-21(29-13-5-2-9-6-10(27)3-4-11(9)20(13)28-8)30-14(31)7-12-15(22)17(24)19(26)18(25)16(12)23;1-11-21(27-19(28)9-12-2-6-16(22)17(23)8-12)26-18-7-3-13-10-14(24)4-5-15(13)20(18)25-11;1-12-21(26-19(27)10-13-2-5-15(22)6-3-13)25-18-9-4-14-11-16(23)7-8-17(14)20(18)24-12;1-12-19(24-20(25)13-5-3-2-4-6-13)23-17-10-7-14-11-15(21)8-9-16(14)18(17)22-12/h3-4,6H,2,5,7,27H2,1H3,(H,29,30,31);2,4-6,8,10H,3,7,9,24H2,1H3,(H,26,27,28);2-3,5-8,11H,4,9-10,23H2,1H3,(H,25,26,27);2-6,8-9,11H,7,10,21H2,1H3,(H,23,24,25). The lowest BCUT2D eigenvalue weighted by Crippen LogP contribution is -2.21. The number of hydrogen-bond donors (Lipinski definition) is 8. The largest absolute Gasteiger partial charge is 0.399 e. The monoisotopic (exact) mass is 1610 g/mol. The lowest BCUT2D eigenvalue weighted by Gasteiger charge is -2.20. The van der Waals surface area contributed by atoms with Crippen LogP contribution in [0.2, 0.25) is 0 Å². The van der Waals surface area contributed by atoms with Gasteiger partial charge >= 0.3 is 0 Å². The minimum absolute atomic E-state index is 0.0477. The minimum Gasteiger partial charge on any atom is -0.399 e. The molecule has 111 heavy (non-hydrogen) atoms. The molecule has 0 spiro atoms. The molecule has 4 aromatic heterocycles. The number of hydrogen-bond acceptors (Lipinski definition) is 16. The van der Waals surface area contributed by atoms with Crippen LogP contribution in [0.1, 0.15) is 94.9 Å². The molecule has 0 aliphatic heterocycles. The van der Waals surface area contributed by atoms with E-state index in [2.05, 4.69) is 68.8 Å². The van der Waals surface area contributed by atoms with Crippen molar-refractivity contribution in [2.45, 2.75) is 98.3 Å². The molecular formula is C83H70F7IN16O4. The van der Waals surface area contributed by atoms with Crippen LogP contribution in [0, 0.1) is 72.0 Å². The van der Waals surface area contributed by atoms with Gasteiger partial charge in [-0.1, -0.05) is 60.7 Å². The number of fused-ring (bicyclic) bond motifs is 12. The van der Waals surface area contributed by atoms with Crippen molar-refractivity contribution < 1.29 is 49.9 Å². The number of amides is 4. The summed E-state index contributed by atoms with van der Waals surface area (Å²) in [5, 5.41) is 10.9. The fourth-order valence-corrected chi connectivity index (χ4v) is 13.7. The number of carbonyl (C=O) groups excluding carboxylic acids is 4. The molecule has 0 unspecified atom stereocenters. The van der Waals surface area contributed by atoms with Crippen LogP contribution in [0.5, 0.6) is 0 Å². The fraction of sp³-hybridized carbons (Fsp3) is 0.181. The molecule has 562 valence electrons. The second-order valence-corrected chi connectivity index (χ2v) is 28.1. The predicted molar refractivity (Wildman–Crippen MR) is 419 cm³/mol. The summed E-state index contributed by atoms with van der Waals surface area (Å²) in [5.41, 5.74) is 44.4.